The molecule has 0 unspecified atom stereocenters. The maximum Gasteiger partial charge on any atom is 0.253 e. The van der Waals surface area contributed by atoms with Crippen LogP contribution in [0.3, 0.4) is 0 Å². The fourth-order valence-electron chi connectivity index (χ4n) is 2.20. The van der Waals surface area contributed by atoms with E-state index in [2.05, 4.69) is 5.32 Å². The van der Waals surface area contributed by atoms with Gasteiger partial charge in [0.1, 0.15) is 4.90 Å². The van der Waals surface area contributed by atoms with E-state index in [4.69, 9.17) is 23.2 Å². The van der Waals surface area contributed by atoms with E-state index in [1.54, 1.807) is 0 Å². The summed E-state index contributed by atoms with van der Waals surface area (Å²) in [6, 6.07) is 11.6. The lowest BCUT2D eigenvalue weighted by molar-refractivity contribution is 0.0940. The highest BCUT2D eigenvalue weighted by Gasteiger charge is 2.25. The first kappa shape index (κ1) is 19.7. The molecule has 0 aliphatic heterocycles. The molecule has 1 N–H and O–H groups in total. The molecule has 0 aliphatic rings. The highest BCUT2D eigenvalue weighted by molar-refractivity contribution is 7.89. The molecule has 2 aromatic carbocycles. The average molecular weight is 401 g/mol. The molecule has 0 aromatic heterocycles. The molecule has 25 heavy (non-hydrogen) atoms. The smallest absolute Gasteiger partial charge is 0.253 e. The lowest BCUT2D eigenvalue weighted by atomic mass is 10.1. The van der Waals surface area contributed by atoms with Gasteiger partial charge in [0, 0.05) is 14.1 Å². The van der Waals surface area contributed by atoms with Gasteiger partial charge < -0.3 is 5.32 Å². The van der Waals surface area contributed by atoms with Gasteiger partial charge in [0.05, 0.1) is 21.7 Å². The molecule has 1 atom stereocenters. The Balaban J connectivity index is 2.37. The highest BCUT2D eigenvalue weighted by atomic mass is 35.5. The van der Waals surface area contributed by atoms with Gasteiger partial charge in [-0.1, -0.05) is 53.5 Å². The molecular weight excluding hydrogens is 383 g/mol. The zero-order valence-corrected chi connectivity index (χ0v) is 16.3. The number of carbonyl (C=O) groups excluding carboxylic acids is 1. The fraction of sp³-hybridized carbons (Fsp3) is 0.235. The molecule has 0 saturated heterocycles. The monoisotopic (exact) mass is 400 g/mol. The van der Waals surface area contributed by atoms with E-state index in [-0.39, 0.29) is 26.5 Å². The Morgan fingerprint density at radius 2 is 1.68 bits per heavy atom. The van der Waals surface area contributed by atoms with Gasteiger partial charge in [0.15, 0.2) is 0 Å². The second-order valence-electron chi connectivity index (χ2n) is 5.66. The van der Waals surface area contributed by atoms with Gasteiger partial charge in [-0.25, -0.2) is 12.7 Å². The summed E-state index contributed by atoms with van der Waals surface area (Å²) < 4.78 is 25.7. The van der Waals surface area contributed by atoms with Crippen LogP contribution in [0.15, 0.2) is 47.4 Å². The van der Waals surface area contributed by atoms with E-state index >= 15 is 0 Å². The Kier molecular flexibility index (Phi) is 6.11. The lowest BCUT2D eigenvalue weighted by Crippen LogP contribution is -2.28. The van der Waals surface area contributed by atoms with Crippen molar-refractivity contribution in [2.24, 2.45) is 0 Å². The number of amides is 1. The minimum Gasteiger partial charge on any atom is -0.345 e. The fourth-order valence-corrected chi connectivity index (χ4v) is 3.92. The van der Waals surface area contributed by atoms with Crippen molar-refractivity contribution in [1.29, 1.82) is 0 Å². The first-order valence-corrected chi connectivity index (χ1v) is 9.61. The maximum absolute atomic E-state index is 12.6. The number of carbonyl (C=O) groups is 1. The maximum atomic E-state index is 12.6. The molecule has 0 radical (unpaired) electrons. The van der Waals surface area contributed by atoms with E-state index < -0.39 is 15.9 Å². The third-order valence-electron chi connectivity index (χ3n) is 3.67. The third-order valence-corrected chi connectivity index (χ3v) is 6.26. The summed E-state index contributed by atoms with van der Waals surface area (Å²) in [4.78, 5) is 12.4. The topological polar surface area (TPSA) is 66.5 Å². The van der Waals surface area contributed by atoms with Crippen molar-refractivity contribution in [3.8, 4) is 0 Å². The van der Waals surface area contributed by atoms with Crippen LogP contribution >= 0.6 is 23.2 Å². The number of hydrogen-bond acceptors (Lipinski definition) is 3. The molecule has 0 aliphatic carbocycles. The number of rotatable bonds is 5. The first-order valence-electron chi connectivity index (χ1n) is 7.42. The van der Waals surface area contributed by atoms with Crippen LogP contribution in [0.5, 0.6) is 0 Å². The van der Waals surface area contributed by atoms with Gasteiger partial charge in [-0.2, -0.15) is 0 Å². The van der Waals surface area contributed by atoms with Crippen molar-refractivity contribution in [2.45, 2.75) is 17.9 Å². The molecule has 0 fully saturated rings. The SMILES string of the molecule is C[C@@H](NC(=O)c1cc(S(=O)(=O)N(C)C)c(Cl)cc1Cl)c1ccccc1. The lowest BCUT2D eigenvalue weighted by Gasteiger charge is -2.17. The van der Waals surface area contributed by atoms with Gasteiger partial charge in [0.25, 0.3) is 5.91 Å². The second-order valence-corrected chi connectivity index (χ2v) is 8.59. The number of halogens is 2. The highest BCUT2D eigenvalue weighted by Crippen LogP contribution is 2.30. The van der Waals surface area contributed by atoms with E-state index in [9.17, 15) is 13.2 Å². The molecule has 2 aromatic rings. The van der Waals surface area contributed by atoms with Gasteiger partial charge in [-0.15, -0.1) is 0 Å². The van der Waals surface area contributed by atoms with E-state index in [1.807, 2.05) is 37.3 Å². The molecule has 0 heterocycles. The summed E-state index contributed by atoms with van der Waals surface area (Å²) in [7, 11) is -1.03. The quantitative estimate of drug-likeness (QED) is 0.830. The van der Waals surface area contributed by atoms with E-state index in [0.29, 0.717) is 0 Å². The van der Waals surface area contributed by atoms with Crippen molar-refractivity contribution < 1.29 is 13.2 Å². The van der Waals surface area contributed by atoms with Crippen LogP contribution in [0.4, 0.5) is 0 Å². The van der Waals surface area contributed by atoms with Gasteiger partial charge >= 0.3 is 0 Å². The Hall–Kier alpha value is -1.60. The second kappa shape index (κ2) is 7.74. The van der Waals surface area contributed by atoms with E-state index in [0.717, 1.165) is 9.87 Å². The van der Waals surface area contributed by atoms with Gasteiger partial charge in [-0.05, 0) is 24.6 Å². The molecule has 0 spiro atoms. The van der Waals surface area contributed by atoms with Crippen molar-refractivity contribution in [3.05, 3.63) is 63.6 Å². The van der Waals surface area contributed by atoms with Crippen LogP contribution in [0.1, 0.15) is 28.9 Å². The molecule has 5 nitrogen and oxygen atoms in total. The molecule has 8 heteroatoms. The average Bonchev–Trinajstić information content (AvgIpc) is 2.55. The summed E-state index contributed by atoms with van der Waals surface area (Å²) in [5, 5.41) is 2.85. The minimum absolute atomic E-state index is 0.0358. The van der Waals surface area contributed by atoms with E-state index in [1.165, 1.54) is 26.2 Å². The predicted molar refractivity (Wildman–Crippen MR) is 99.7 cm³/mol. The molecule has 134 valence electrons. The number of benzene rings is 2. The molecule has 1 amide bonds. The van der Waals surface area contributed by atoms with Crippen molar-refractivity contribution in [2.75, 3.05) is 14.1 Å². The number of hydrogen-bond donors (Lipinski definition) is 1. The van der Waals surface area contributed by atoms with Crippen LogP contribution in [-0.2, 0) is 10.0 Å². The summed E-state index contributed by atoms with van der Waals surface area (Å²) >= 11 is 12.1. The standard InChI is InChI=1S/C17H18Cl2N2O3S/c1-11(12-7-5-4-6-8-12)20-17(22)13-9-16(15(19)10-14(13)18)25(23,24)21(2)3/h4-11H,1-3H3,(H,20,22)/t11-/m1/s1. The Morgan fingerprint density at radius 1 is 1.08 bits per heavy atom. The molecule has 0 saturated carbocycles. The zero-order chi connectivity index (χ0) is 18.8. The van der Waals surface area contributed by atoms with Gasteiger partial charge in [-0.3, -0.25) is 4.79 Å². The number of nitrogens with zero attached hydrogens (tertiary/aromatic N) is 1. The summed E-state index contributed by atoms with van der Waals surface area (Å²) in [6.07, 6.45) is 0. The third kappa shape index (κ3) is 4.33. The van der Waals surface area contributed by atoms with Crippen LogP contribution in [0.2, 0.25) is 10.0 Å². The Labute approximate surface area is 157 Å². The minimum atomic E-state index is -3.80. The largest absolute Gasteiger partial charge is 0.345 e. The van der Waals surface area contributed by atoms with Crippen LogP contribution in [-0.4, -0.2) is 32.7 Å². The van der Waals surface area contributed by atoms with Crippen molar-refractivity contribution in [3.63, 3.8) is 0 Å². The zero-order valence-electron chi connectivity index (χ0n) is 14.0. The molecule has 2 rings (SSSR count). The predicted octanol–water partition coefficient (Wildman–Crippen LogP) is 3.73. The molecule has 0 bridgehead atoms. The van der Waals surface area contributed by atoms with Crippen LogP contribution < -0.4 is 5.32 Å². The summed E-state index contributed by atoms with van der Waals surface area (Å²) in [6.45, 7) is 1.83. The number of sulfonamides is 1. The summed E-state index contributed by atoms with van der Waals surface area (Å²) in [5.41, 5.74) is 0.969. The van der Waals surface area contributed by atoms with Gasteiger partial charge in [0.2, 0.25) is 10.0 Å². The van der Waals surface area contributed by atoms with Crippen molar-refractivity contribution in [1.82, 2.24) is 9.62 Å². The summed E-state index contributed by atoms with van der Waals surface area (Å²) in [5.74, 6) is -0.478. The van der Waals surface area contributed by atoms with Crippen LogP contribution in [0, 0.1) is 0 Å². The Morgan fingerprint density at radius 3 is 2.24 bits per heavy atom. The number of nitrogens with one attached hydrogen (secondary N) is 1. The molecular formula is C17H18Cl2N2O3S. The van der Waals surface area contributed by atoms with Crippen molar-refractivity contribution >= 4 is 39.1 Å². The Bertz CT molecular complexity index is 884. The first-order chi connectivity index (χ1) is 11.6. The normalized spacial score (nSPS) is 12.9. The van der Waals surface area contributed by atoms with Crippen LogP contribution in [0.25, 0.3) is 0 Å².